The topological polar surface area (TPSA) is 84.7 Å². The smallest absolute Gasteiger partial charge is 0.325 e. The molecule has 1 aliphatic heterocycles. The lowest BCUT2D eigenvalue weighted by molar-refractivity contribution is -0.141. The Kier molecular flexibility index (Phi) is 5.65. The first-order chi connectivity index (χ1) is 14.6. The molecule has 2 heterocycles. The minimum absolute atomic E-state index is 0.185. The number of carbonyl (C=O) groups excluding carboxylic acids is 2. The number of nitrogens with one attached hydrogen (secondary N) is 1. The largest absolute Gasteiger partial charge is 0.465 e. The fourth-order valence-electron chi connectivity index (χ4n) is 3.68. The second kappa shape index (κ2) is 8.52. The zero-order chi connectivity index (χ0) is 21.1. The van der Waals surface area contributed by atoms with Crippen molar-refractivity contribution in [2.45, 2.75) is 25.8 Å². The number of fused-ring (bicyclic) bond motifs is 1. The molecule has 0 radical (unpaired) electrons. The number of benzene rings is 2. The van der Waals surface area contributed by atoms with E-state index in [1.807, 2.05) is 0 Å². The van der Waals surface area contributed by atoms with Crippen LogP contribution in [-0.2, 0) is 9.53 Å². The summed E-state index contributed by atoms with van der Waals surface area (Å²) in [7, 11) is 0. The molecular weight excluding hydrogens is 389 g/mol. The Bertz CT molecular complexity index is 1080. The number of oxazole rings is 1. The predicted octanol–water partition coefficient (Wildman–Crippen LogP) is 4.04. The molecular formula is C22H22FN3O4. The molecule has 1 unspecified atom stereocenters. The van der Waals surface area contributed by atoms with Crippen LogP contribution in [0.4, 0.5) is 9.18 Å². The molecule has 1 fully saturated rings. The molecule has 0 saturated carbocycles. The fraction of sp³-hybridized carbons (Fsp3) is 0.318. The van der Waals surface area contributed by atoms with Gasteiger partial charge < -0.3 is 19.4 Å². The first-order valence-electron chi connectivity index (χ1n) is 9.92. The highest BCUT2D eigenvalue weighted by atomic mass is 19.1. The lowest BCUT2D eigenvalue weighted by atomic mass is 10.0. The molecule has 1 atom stereocenters. The molecule has 0 spiro atoms. The highest BCUT2D eigenvalue weighted by Crippen LogP contribution is 2.34. The highest BCUT2D eigenvalue weighted by molar-refractivity contribution is 5.82. The molecule has 0 aliphatic carbocycles. The second-order valence-electron chi connectivity index (χ2n) is 7.03. The fourth-order valence-corrected chi connectivity index (χ4v) is 3.68. The molecule has 8 heteroatoms. The normalized spacial score (nSPS) is 16.1. The molecule has 30 heavy (non-hydrogen) atoms. The van der Waals surface area contributed by atoms with E-state index in [-0.39, 0.29) is 31.0 Å². The maximum absolute atomic E-state index is 14.1. The Hall–Kier alpha value is -3.42. The van der Waals surface area contributed by atoms with Crippen LogP contribution in [0.25, 0.3) is 22.2 Å². The minimum atomic E-state index is -0.482. The second-order valence-corrected chi connectivity index (χ2v) is 7.03. The number of rotatable bonds is 5. The number of halogens is 1. The van der Waals surface area contributed by atoms with E-state index in [4.69, 9.17) is 9.15 Å². The van der Waals surface area contributed by atoms with Crippen LogP contribution in [0.5, 0.6) is 0 Å². The predicted molar refractivity (Wildman–Crippen MR) is 108 cm³/mol. The number of hydrogen-bond donors (Lipinski definition) is 1. The number of likely N-dealkylation sites (tertiary alicyclic amines) is 1. The lowest BCUT2D eigenvalue weighted by Gasteiger charge is -2.22. The zero-order valence-corrected chi connectivity index (χ0v) is 16.6. The molecule has 1 N–H and O–H groups in total. The van der Waals surface area contributed by atoms with Gasteiger partial charge >= 0.3 is 12.0 Å². The summed E-state index contributed by atoms with van der Waals surface area (Å²) in [5.41, 5.74) is 2.37. The minimum Gasteiger partial charge on any atom is -0.465 e. The van der Waals surface area contributed by atoms with Gasteiger partial charge in [-0.15, -0.1) is 0 Å². The van der Waals surface area contributed by atoms with Gasteiger partial charge in [-0.05, 0) is 43.5 Å². The first-order valence-corrected chi connectivity index (χ1v) is 9.92. The number of ether oxygens (including phenoxy) is 1. The monoisotopic (exact) mass is 411 g/mol. The molecule has 156 valence electrons. The van der Waals surface area contributed by atoms with Gasteiger partial charge in [-0.25, -0.2) is 14.2 Å². The van der Waals surface area contributed by atoms with Crippen molar-refractivity contribution in [2.24, 2.45) is 0 Å². The number of nitrogens with zero attached hydrogens (tertiary/aromatic N) is 2. The van der Waals surface area contributed by atoms with Gasteiger partial charge in [0.2, 0.25) is 5.89 Å². The Labute approximate surface area is 172 Å². The Morgan fingerprint density at radius 2 is 2.13 bits per heavy atom. The van der Waals surface area contributed by atoms with Crippen molar-refractivity contribution in [3.63, 3.8) is 0 Å². The molecule has 1 aromatic heterocycles. The molecule has 3 aromatic rings. The summed E-state index contributed by atoms with van der Waals surface area (Å²) in [6.45, 7) is 2.33. The third kappa shape index (κ3) is 3.98. The van der Waals surface area contributed by atoms with E-state index < -0.39 is 5.97 Å². The number of urea groups is 1. The molecule has 4 rings (SSSR count). The molecule has 1 saturated heterocycles. The van der Waals surface area contributed by atoms with Crippen LogP contribution in [0.1, 0.15) is 31.7 Å². The van der Waals surface area contributed by atoms with Crippen LogP contribution in [0.15, 0.2) is 46.9 Å². The van der Waals surface area contributed by atoms with Gasteiger partial charge in [-0.1, -0.05) is 24.3 Å². The van der Waals surface area contributed by atoms with Crippen molar-refractivity contribution >= 4 is 23.1 Å². The average Bonchev–Trinajstić information content (AvgIpc) is 3.39. The number of aromatic nitrogens is 1. The summed E-state index contributed by atoms with van der Waals surface area (Å²) in [5.74, 6) is -0.357. The zero-order valence-electron chi connectivity index (χ0n) is 16.6. The summed E-state index contributed by atoms with van der Waals surface area (Å²) in [5, 5.41) is 2.58. The van der Waals surface area contributed by atoms with Gasteiger partial charge in [0.15, 0.2) is 5.58 Å². The van der Waals surface area contributed by atoms with Crippen LogP contribution in [-0.4, -0.2) is 41.6 Å². The van der Waals surface area contributed by atoms with Crippen LogP contribution in [0.2, 0.25) is 0 Å². The van der Waals surface area contributed by atoms with Crippen LogP contribution in [0, 0.1) is 5.82 Å². The average molecular weight is 411 g/mol. The van der Waals surface area contributed by atoms with E-state index in [9.17, 15) is 14.0 Å². The van der Waals surface area contributed by atoms with E-state index in [0.29, 0.717) is 41.1 Å². The summed E-state index contributed by atoms with van der Waals surface area (Å²) in [6.07, 6.45) is 1.51. The van der Waals surface area contributed by atoms with Crippen LogP contribution in [0.3, 0.4) is 0 Å². The summed E-state index contributed by atoms with van der Waals surface area (Å²) in [6, 6.07) is 11.2. The summed E-state index contributed by atoms with van der Waals surface area (Å²) in [4.78, 5) is 30.2. The maximum atomic E-state index is 14.1. The number of hydrogen-bond acceptors (Lipinski definition) is 5. The molecule has 1 aliphatic rings. The Balaban J connectivity index is 1.54. The van der Waals surface area contributed by atoms with Crippen molar-refractivity contribution in [3.05, 3.63) is 54.2 Å². The first kappa shape index (κ1) is 19.9. The van der Waals surface area contributed by atoms with Crippen molar-refractivity contribution in [2.75, 3.05) is 19.7 Å². The standard InChI is InChI=1S/C22H22FN3O4/c1-2-29-20(27)13-24-22(28)26-11-5-8-18(26)21-25-17-12-14(9-10-19(17)30-21)15-6-3-4-7-16(15)23/h3-4,6-7,9-10,12,18H,2,5,8,11,13H2,1H3,(H,24,28). The SMILES string of the molecule is CCOC(=O)CNC(=O)N1CCCC1c1nc2cc(-c3ccccc3F)ccc2o1. The van der Waals surface area contributed by atoms with Crippen LogP contribution >= 0.6 is 0 Å². The third-order valence-electron chi connectivity index (χ3n) is 5.08. The molecule has 2 amide bonds. The van der Waals surface area contributed by atoms with Crippen molar-refractivity contribution in [3.8, 4) is 11.1 Å². The number of amides is 2. The summed E-state index contributed by atoms with van der Waals surface area (Å²) >= 11 is 0. The van der Waals surface area contributed by atoms with Gasteiger partial charge in [-0.2, -0.15) is 0 Å². The van der Waals surface area contributed by atoms with Crippen LogP contribution < -0.4 is 5.32 Å². The van der Waals surface area contributed by atoms with E-state index >= 15 is 0 Å². The molecule has 2 aromatic carbocycles. The van der Waals surface area contributed by atoms with Gasteiger partial charge in [0, 0.05) is 12.1 Å². The van der Waals surface area contributed by atoms with Gasteiger partial charge in [-0.3, -0.25) is 4.79 Å². The Morgan fingerprint density at radius 3 is 2.93 bits per heavy atom. The molecule has 7 nitrogen and oxygen atoms in total. The van der Waals surface area contributed by atoms with Gasteiger partial charge in [0.1, 0.15) is 23.9 Å². The number of esters is 1. The van der Waals surface area contributed by atoms with Crippen molar-refractivity contribution in [1.82, 2.24) is 15.2 Å². The van der Waals surface area contributed by atoms with Crippen molar-refractivity contribution < 1.29 is 23.1 Å². The maximum Gasteiger partial charge on any atom is 0.325 e. The third-order valence-corrected chi connectivity index (χ3v) is 5.08. The lowest BCUT2D eigenvalue weighted by Crippen LogP contribution is -2.42. The van der Waals surface area contributed by atoms with E-state index in [2.05, 4.69) is 10.3 Å². The number of carbonyl (C=O) groups is 2. The van der Waals surface area contributed by atoms with Crippen molar-refractivity contribution in [1.29, 1.82) is 0 Å². The quantitative estimate of drug-likeness (QED) is 0.641. The van der Waals surface area contributed by atoms with E-state index in [0.717, 1.165) is 6.42 Å². The van der Waals surface area contributed by atoms with Gasteiger partial charge in [0.05, 0.1) is 6.61 Å². The van der Waals surface area contributed by atoms with E-state index in [1.165, 1.54) is 6.07 Å². The summed E-state index contributed by atoms with van der Waals surface area (Å²) < 4.78 is 24.8. The van der Waals surface area contributed by atoms with E-state index in [1.54, 1.807) is 48.2 Å². The molecule has 0 bridgehead atoms. The Morgan fingerprint density at radius 1 is 1.30 bits per heavy atom. The highest BCUT2D eigenvalue weighted by Gasteiger charge is 2.33. The van der Waals surface area contributed by atoms with Gasteiger partial charge in [0.25, 0.3) is 0 Å².